The first-order chi connectivity index (χ1) is 4.56. The van der Waals surface area contributed by atoms with E-state index in [1.54, 1.807) is 0 Å². The van der Waals surface area contributed by atoms with E-state index < -0.39 is 6.16 Å². The maximum absolute atomic E-state index is 8.33. The van der Waals surface area contributed by atoms with Gasteiger partial charge in [0, 0.05) is 0 Å². The van der Waals surface area contributed by atoms with Crippen molar-refractivity contribution in [1.82, 2.24) is 0 Å². The molecule has 0 aromatic heterocycles. The third-order valence-electron chi connectivity index (χ3n) is 0. The number of hydrogen-bond acceptors (Lipinski definition) is 3. The predicted octanol–water partition coefficient (Wildman–Crippen LogP) is -5.60. The Morgan fingerprint density at radius 2 is 0.917 bits per heavy atom. The van der Waals surface area contributed by atoms with Crippen LogP contribution in [0, 0.1) is 0 Å². The normalized spacial score (nSPS) is 5.00. The molecule has 0 aromatic rings. The van der Waals surface area contributed by atoms with Crippen LogP contribution in [0.2, 0.25) is 0 Å². The second kappa shape index (κ2) is 36.1. The number of rotatable bonds is 0. The van der Waals surface area contributed by atoms with Crippen molar-refractivity contribution < 1.29 is 153 Å². The molecule has 0 saturated heterocycles. The summed E-state index contributed by atoms with van der Waals surface area (Å²) in [4.78, 5) is 8.33. The standard InChI is InChI=1S/2CH2Cl2.CH2O3.2Cs/c2*2-1-3;2-1(3)4;;/h2*1H2;(H2,2,3,4);;/q;;;2*+1/p-2. The molecule has 3 nitrogen and oxygen atoms in total. The number of carboxylic acid groups (broad SMARTS) is 2. The fraction of sp³-hybridized carbons (Fsp3) is 0.667. The molecule has 0 aliphatic carbocycles. The van der Waals surface area contributed by atoms with Crippen LogP contribution < -0.4 is 148 Å². The summed E-state index contributed by atoms with van der Waals surface area (Å²) in [6.07, 6.45) is -2.33. The van der Waals surface area contributed by atoms with Gasteiger partial charge in [-0.15, -0.1) is 46.4 Å². The van der Waals surface area contributed by atoms with Crippen LogP contribution in [-0.2, 0) is 0 Å². The Morgan fingerprint density at radius 1 is 0.917 bits per heavy atom. The molecule has 0 aromatic carbocycles. The summed E-state index contributed by atoms with van der Waals surface area (Å²) >= 11 is 19.1. The van der Waals surface area contributed by atoms with Gasteiger partial charge in [0.2, 0.25) is 0 Å². The van der Waals surface area contributed by atoms with E-state index in [9.17, 15) is 0 Å². The van der Waals surface area contributed by atoms with Crippen LogP contribution >= 0.6 is 46.4 Å². The van der Waals surface area contributed by atoms with Crippen LogP contribution in [-0.4, -0.2) is 16.8 Å². The zero-order chi connectivity index (χ0) is 8.99. The molecular weight excluding hydrogens is 492 g/mol. The molecule has 64 valence electrons. The van der Waals surface area contributed by atoms with Crippen molar-refractivity contribution >= 4 is 52.6 Å². The van der Waals surface area contributed by atoms with Crippen LogP contribution in [0.5, 0.6) is 0 Å². The quantitative estimate of drug-likeness (QED) is 0.315. The van der Waals surface area contributed by atoms with Gasteiger partial charge in [-0.25, -0.2) is 0 Å². The Labute approximate surface area is 209 Å². The average Bonchev–Trinajstić information content (AvgIpc) is 1.65. The van der Waals surface area contributed by atoms with E-state index in [-0.39, 0.29) is 148 Å². The number of carbonyl (C=O) groups excluding carboxylic acids is 1. The SMILES string of the molecule is ClCCl.ClCCl.O=C([O-])[O-].[Cs+].[Cs+]. The molecule has 0 aliphatic rings. The summed E-state index contributed by atoms with van der Waals surface area (Å²) in [7, 11) is 0. The molecule has 0 radical (unpaired) electrons. The van der Waals surface area contributed by atoms with Crippen LogP contribution in [0.3, 0.4) is 0 Å². The average molecular weight is 496 g/mol. The minimum Gasteiger partial charge on any atom is -0.652 e. The van der Waals surface area contributed by atoms with Gasteiger partial charge in [-0.1, -0.05) is 0 Å². The number of carbonyl (C=O) groups is 1. The first-order valence-electron chi connectivity index (χ1n) is 1.68. The topological polar surface area (TPSA) is 63.2 Å². The smallest absolute Gasteiger partial charge is 0.652 e. The molecule has 0 bridgehead atoms. The molecule has 0 rings (SSSR count). The van der Waals surface area contributed by atoms with Crippen LogP contribution in [0.4, 0.5) is 4.79 Å². The molecule has 9 heteroatoms. The third kappa shape index (κ3) is 130. The van der Waals surface area contributed by atoms with Gasteiger partial charge in [0.15, 0.2) is 0 Å². The van der Waals surface area contributed by atoms with Crippen molar-refractivity contribution in [2.45, 2.75) is 0 Å². The van der Waals surface area contributed by atoms with Crippen LogP contribution in [0.1, 0.15) is 0 Å². The van der Waals surface area contributed by atoms with Gasteiger partial charge >= 0.3 is 138 Å². The summed E-state index contributed by atoms with van der Waals surface area (Å²) in [5, 5.41) is 17.1. The van der Waals surface area contributed by atoms with Crippen LogP contribution in [0.15, 0.2) is 0 Å². The predicted molar refractivity (Wildman–Crippen MR) is 38.5 cm³/mol. The molecule has 0 aliphatic heterocycles. The first kappa shape index (κ1) is 30.0. The zero-order valence-corrected chi connectivity index (χ0v) is 22.2. The molecule has 0 unspecified atom stereocenters. The van der Waals surface area contributed by atoms with Gasteiger partial charge in [-0.3, -0.25) is 0 Å². The van der Waals surface area contributed by atoms with Crippen molar-refractivity contribution in [3.63, 3.8) is 0 Å². The second-order valence-electron chi connectivity index (χ2n) is 0.452. The van der Waals surface area contributed by atoms with E-state index in [4.69, 9.17) is 61.4 Å². The molecule has 0 amide bonds. The summed E-state index contributed by atoms with van der Waals surface area (Å²) in [5.41, 5.74) is 0. The molecule has 0 atom stereocenters. The van der Waals surface area contributed by atoms with Gasteiger partial charge in [0.1, 0.15) is 0 Å². The largest absolute Gasteiger partial charge is 1.00 e. The van der Waals surface area contributed by atoms with Crippen LogP contribution in [0.25, 0.3) is 0 Å². The Bertz CT molecular complexity index is 61.5. The molecule has 0 fully saturated rings. The monoisotopic (exact) mass is 494 g/mol. The Balaban J connectivity index is -0.0000000191. The molecule has 12 heavy (non-hydrogen) atoms. The Kier molecular flexibility index (Phi) is 90.2. The Morgan fingerprint density at radius 3 is 0.917 bits per heavy atom. The van der Waals surface area contributed by atoms with Gasteiger partial charge < -0.3 is 15.0 Å². The van der Waals surface area contributed by atoms with E-state index in [2.05, 4.69) is 0 Å². The fourth-order valence-corrected chi connectivity index (χ4v) is 0. The van der Waals surface area contributed by atoms with E-state index in [1.807, 2.05) is 0 Å². The molecule has 0 saturated carbocycles. The van der Waals surface area contributed by atoms with Crippen molar-refractivity contribution in [3.05, 3.63) is 0 Å². The van der Waals surface area contributed by atoms with Crippen molar-refractivity contribution in [2.24, 2.45) is 0 Å². The number of alkyl halides is 4. The number of hydrogen-bond donors (Lipinski definition) is 0. The molecule has 0 N–H and O–H groups in total. The summed E-state index contributed by atoms with van der Waals surface area (Å²) in [6.45, 7) is 0. The Hall–Kier alpha value is 4.53. The molecule has 0 heterocycles. The van der Waals surface area contributed by atoms with E-state index >= 15 is 0 Å². The summed E-state index contributed by atoms with van der Waals surface area (Å²) < 4.78 is 0. The molecular formula is C3H4Cl4Cs2O3. The van der Waals surface area contributed by atoms with Crippen molar-refractivity contribution in [1.29, 1.82) is 0 Å². The van der Waals surface area contributed by atoms with Crippen molar-refractivity contribution in [2.75, 3.05) is 10.7 Å². The minimum atomic E-state index is -2.33. The zero-order valence-electron chi connectivity index (χ0n) is 6.65. The fourth-order valence-electron chi connectivity index (χ4n) is 0. The van der Waals surface area contributed by atoms with Gasteiger partial charge in [0.05, 0.1) is 10.7 Å². The molecule has 0 spiro atoms. The summed E-state index contributed by atoms with van der Waals surface area (Å²) in [5.74, 6) is 0. The maximum Gasteiger partial charge on any atom is 1.00 e. The summed E-state index contributed by atoms with van der Waals surface area (Å²) in [6, 6.07) is 0. The van der Waals surface area contributed by atoms with Gasteiger partial charge in [-0.2, -0.15) is 0 Å². The van der Waals surface area contributed by atoms with Gasteiger partial charge in [0.25, 0.3) is 0 Å². The van der Waals surface area contributed by atoms with E-state index in [0.29, 0.717) is 0 Å². The number of halogens is 4. The second-order valence-corrected chi connectivity index (χ2v) is 2.07. The van der Waals surface area contributed by atoms with E-state index in [0.717, 1.165) is 0 Å². The maximum atomic E-state index is 8.33. The van der Waals surface area contributed by atoms with Crippen molar-refractivity contribution in [3.8, 4) is 0 Å². The third-order valence-corrected chi connectivity index (χ3v) is 0. The van der Waals surface area contributed by atoms with Gasteiger partial charge in [-0.05, 0) is 6.16 Å². The first-order valence-corrected chi connectivity index (χ1v) is 3.82. The minimum absolute atomic E-state index is 0. The van der Waals surface area contributed by atoms with E-state index in [1.165, 1.54) is 0 Å².